The fourth-order valence-corrected chi connectivity index (χ4v) is 1.81. The molecule has 2 aromatic rings. The molecule has 0 unspecified atom stereocenters. The lowest BCUT2D eigenvalue weighted by Gasteiger charge is -2.08. The summed E-state index contributed by atoms with van der Waals surface area (Å²) in [5.74, 6) is 0.761. The van der Waals surface area contributed by atoms with Gasteiger partial charge in [0.15, 0.2) is 5.82 Å². The van der Waals surface area contributed by atoms with Crippen LogP contribution in [-0.2, 0) is 0 Å². The van der Waals surface area contributed by atoms with Crippen LogP contribution in [-0.4, -0.2) is 35.7 Å². The number of carbonyl (C=O) groups excluding carboxylic acids is 1. The summed E-state index contributed by atoms with van der Waals surface area (Å²) >= 11 is 0. The number of benzene rings is 1. The monoisotopic (exact) mass is 310 g/mol. The van der Waals surface area contributed by atoms with Crippen molar-refractivity contribution in [2.75, 3.05) is 19.6 Å². The van der Waals surface area contributed by atoms with E-state index in [1.54, 1.807) is 19.1 Å². The van der Waals surface area contributed by atoms with Crippen LogP contribution < -0.4 is 10.6 Å². The third kappa shape index (κ3) is 4.54. The van der Waals surface area contributed by atoms with Crippen molar-refractivity contribution in [2.24, 2.45) is 0 Å². The summed E-state index contributed by atoms with van der Waals surface area (Å²) < 4.78 is 5.13. The summed E-state index contributed by atoms with van der Waals surface area (Å²) in [6.07, 6.45) is 0. The van der Waals surface area contributed by atoms with Crippen molar-refractivity contribution in [3.05, 3.63) is 35.7 Å². The molecule has 1 amide bonds. The van der Waals surface area contributed by atoms with Crippen molar-refractivity contribution in [3.8, 4) is 11.5 Å². The number of nitrogens with one attached hydrogen (secondary N) is 2. The minimum absolute atomic E-state index is 0. The standard InChI is InChI=1S/C14H18N4O2.ClH/c1-3-15-8-9-16-13(19)11-6-4-5-7-12(11)14-17-10(2)18-20-14;/h4-7,15H,3,8-9H2,1-2H3,(H,16,19);1H. The summed E-state index contributed by atoms with van der Waals surface area (Å²) in [5.41, 5.74) is 1.18. The first-order valence-electron chi connectivity index (χ1n) is 6.61. The number of aromatic nitrogens is 2. The lowest BCUT2D eigenvalue weighted by Crippen LogP contribution is -2.32. The molecular formula is C14H19ClN4O2. The van der Waals surface area contributed by atoms with E-state index in [0.29, 0.717) is 29.4 Å². The molecule has 0 spiro atoms. The van der Waals surface area contributed by atoms with E-state index in [0.717, 1.165) is 13.1 Å². The predicted octanol–water partition coefficient (Wildman–Crippen LogP) is 1.81. The largest absolute Gasteiger partial charge is 0.351 e. The zero-order chi connectivity index (χ0) is 14.4. The van der Waals surface area contributed by atoms with Gasteiger partial charge in [0, 0.05) is 13.1 Å². The van der Waals surface area contributed by atoms with Crippen molar-refractivity contribution < 1.29 is 9.32 Å². The Morgan fingerprint density at radius 2 is 2.05 bits per heavy atom. The van der Waals surface area contributed by atoms with Crippen molar-refractivity contribution in [1.29, 1.82) is 0 Å². The number of nitrogens with zero attached hydrogens (tertiary/aromatic N) is 2. The first-order chi connectivity index (χ1) is 9.72. The summed E-state index contributed by atoms with van der Waals surface area (Å²) in [5, 5.41) is 9.76. The molecule has 0 aliphatic rings. The highest BCUT2D eigenvalue weighted by molar-refractivity contribution is 5.99. The highest BCUT2D eigenvalue weighted by Crippen LogP contribution is 2.21. The van der Waals surface area contributed by atoms with Gasteiger partial charge in [-0.25, -0.2) is 0 Å². The van der Waals surface area contributed by atoms with Gasteiger partial charge in [0.25, 0.3) is 11.8 Å². The molecule has 2 rings (SSSR count). The lowest BCUT2D eigenvalue weighted by molar-refractivity contribution is 0.0954. The van der Waals surface area contributed by atoms with Crippen LogP contribution in [0.3, 0.4) is 0 Å². The summed E-state index contributed by atoms with van der Waals surface area (Å²) in [6, 6.07) is 7.19. The van der Waals surface area contributed by atoms with Gasteiger partial charge in [0.2, 0.25) is 0 Å². The average Bonchev–Trinajstić information content (AvgIpc) is 2.90. The van der Waals surface area contributed by atoms with Crippen molar-refractivity contribution in [2.45, 2.75) is 13.8 Å². The Balaban J connectivity index is 0.00000220. The maximum Gasteiger partial charge on any atom is 0.258 e. The number of halogens is 1. The third-order valence-electron chi connectivity index (χ3n) is 2.77. The molecule has 1 heterocycles. The van der Waals surface area contributed by atoms with Gasteiger partial charge in [0.1, 0.15) is 0 Å². The molecule has 0 aliphatic carbocycles. The molecule has 0 atom stereocenters. The van der Waals surface area contributed by atoms with E-state index >= 15 is 0 Å². The summed E-state index contributed by atoms with van der Waals surface area (Å²) in [4.78, 5) is 16.3. The Labute approximate surface area is 129 Å². The van der Waals surface area contributed by atoms with Crippen molar-refractivity contribution in [1.82, 2.24) is 20.8 Å². The number of hydrogen-bond acceptors (Lipinski definition) is 5. The minimum Gasteiger partial charge on any atom is -0.351 e. The van der Waals surface area contributed by atoms with Gasteiger partial charge >= 0.3 is 0 Å². The van der Waals surface area contributed by atoms with Crippen molar-refractivity contribution >= 4 is 18.3 Å². The van der Waals surface area contributed by atoms with E-state index in [1.165, 1.54) is 0 Å². The van der Waals surface area contributed by atoms with E-state index < -0.39 is 0 Å². The first kappa shape index (κ1) is 17.1. The minimum atomic E-state index is -0.144. The Morgan fingerprint density at radius 3 is 2.71 bits per heavy atom. The highest BCUT2D eigenvalue weighted by Gasteiger charge is 2.16. The lowest BCUT2D eigenvalue weighted by atomic mass is 10.1. The van der Waals surface area contributed by atoms with E-state index in [9.17, 15) is 4.79 Å². The maximum absolute atomic E-state index is 12.2. The molecule has 0 saturated heterocycles. The van der Waals surface area contributed by atoms with Gasteiger partial charge in [-0.3, -0.25) is 4.79 Å². The second-order valence-electron chi connectivity index (χ2n) is 4.30. The molecule has 21 heavy (non-hydrogen) atoms. The van der Waals surface area contributed by atoms with Gasteiger partial charge in [0.05, 0.1) is 11.1 Å². The zero-order valence-electron chi connectivity index (χ0n) is 12.0. The smallest absolute Gasteiger partial charge is 0.258 e. The predicted molar refractivity (Wildman–Crippen MR) is 82.6 cm³/mol. The quantitative estimate of drug-likeness (QED) is 0.795. The molecule has 0 fully saturated rings. The summed E-state index contributed by atoms with van der Waals surface area (Å²) in [7, 11) is 0. The molecule has 6 nitrogen and oxygen atoms in total. The van der Waals surface area contributed by atoms with Gasteiger partial charge in [-0.2, -0.15) is 4.98 Å². The van der Waals surface area contributed by atoms with Crippen LogP contribution in [0.5, 0.6) is 0 Å². The van der Waals surface area contributed by atoms with Crippen LogP contribution >= 0.6 is 12.4 Å². The Kier molecular flexibility index (Phi) is 6.84. The Morgan fingerprint density at radius 1 is 1.29 bits per heavy atom. The topological polar surface area (TPSA) is 80.0 Å². The van der Waals surface area contributed by atoms with Crippen LogP contribution in [0, 0.1) is 6.92 Å². The van der Waals surface area contributed by atoms with E-state index in [4.69, 9.17) is 4.52 Å². The van der Waals surface area contributed by atoms with Gasteiger partial charge in [-0.15, -0.1) is 12.4 Å². The highest BCUT2D eigenvalue weighted by atomic mass is 35.5. The van der Waals surface area contributed by atoms with Crippen molar-refractivity contribution in [3.63, 3.8) is 0 Å². The summed E-state index contributed by atoms with van der Waals surface area (Å²) in [6.45, 7) is 5.96. The second kappa shape index (κ2) is 8.39. The van der Waals surface area contributed by atoms with Crippen LogP contribution in [0.4, 0.5) is 0 Å². The number of rotatable bonds is 6. The molecule has 0 saturated carbocycles. The van der Waals surface area contributed by atoms with Crippen LogP contribution in [0.1, 0.15) is 23.1 Å². The molecule has 0 bridgehead atoms. The SMILES string of the molecule is CCNCCNC(=O)c1ccccc1-c1nc(C)no1.Cl. The van der Waals surface area contributed by atoms with Crippen LogP contribution in [0.25, 0.3) is 11.5 Å². The molecule has 7 heteroatoms. The Hall–Kier alpha value is -1.92. The fourth-order valence-electron chi connectivity index (χ4n) is 1.81. The van der Waals surface area contributed by atoms with E-state index in [2.05, 4.69) is 20.8 Å². The first-order valence-corrected chi connectivity index (χ1v) is 6.61. The van der Waals surface area contributed by atoms with Gasteiger partial charge in [-0.1, -0.05) is 24.2 Å². The molecule has 0 aliphatic heterocycles. The molecule has 114 valence electrons. The Bertz CT molecular complexity index is 586. The third-order valence-corrected chi connectivity index (χ3v) is 2.77. The number of hydrogen-bond donors (Lipinski definition) is 2. The van der Waals surface area contributed by atoms with Gasteiger partial charge in [-0.05, 0) is 25.6 Å². The molecular weight excluding hydrogens is 292 g/mol. The number of aryl methyl sites for hydroxylation is 1. The zero-order valence-corrected chi connectivity index (χ0v) is 12.9. The van der Waals surface area contributed by atoms with E-state index in [-0.39, 0.29) is 18.3 Å². The van der Waals surface area contributed by atoms with Crippen LogP contribution in [0.15, 0.2) is 28.8 Å². The molecule has 0 radical (unpaired) electrons. The fraction of sp³-hybridized carbons (Fsp3) is 0.357. The normalized spacial score (nSPS) is 10.0. The van der Waals surface area contributed by atoms with E-state index in [1.807, 2.05) is 19.1 Å². The molecule has 2 N–H and O–H groups in total. The average molecular weight is 311 g/mol. The van der Waals surface area contributed by atoms with Crippen LogP contribution in [0.2, 0.25) is 0 Å². The number of amides is 1. The number of carbonyl (C=O) groups is 1. The number of likely N-dealkylation sites (N-methyl/N-ethyl adjacent to an activating group) is 1. The second-order valence-corrected chi connectivity index (χ2v) is 4.30. The molecule has 1 aromatic heterocycles. The maximum atomic E-state index is 12.2. The van der Waals surface area contributed by atoms with Gasteiger partial charge < -0.3 is 15.2 Å². The molecule has 1 aromatic carbocycles.